The molecule has 1 aliphatic rings. The quantitative estimate of drug-likeness (QED) is 0.906. The number of nitriles is 1. The van der Waals surface area contributed by atoms with Gasteiger partial charge in [0.05, 0.1) is 16.7 Å². The molecular weight excluding hydrogens is 331 g/mol. The van der Waals surface area contributed by atoms with Crippen molar-refractivity contribution in [1.29, 1.82) is 5.26 Å². The van der Waals surface area contributed by atoms with Gasteiger partial charge in [-0.2, -0.15) is 5.26 Å². The lowest BCUT2D eigenvalue weighted by atomic mass is 9.93. The zero-order valence-electron chi connectivity index (χ0n) is 12.1. The monoisotopic (exact) mass is 344 g/mol. The highest BCUT2D eigenvalue weighted by Crippen LogP contribution is 2.38. The van der Waals surface area contributed by atoms with Crippen LogP contribution in [0.2, 0.25) is 0 Å². The molecule has 0 unspecified atom stereocenters. The van der Waals surface area contributed by atoms with Crippen LogP contribution in [0.3, 0.4) is 0 Å². The van der Waals surface area contributed by atoms with Crippen molar-refractivity contribution in [3.8, 4) is 6.07 Å². The van der Waals surface area contributed by atoms with E-state index in [1.807, 2.05) is 23.6 Å². The van der Waals surface area contributed by atoms with E-state index in [-0.39, 0.29) is 24.1 Å². The van der Waals surface area contributed by atoms with Gasteiger partial charge in [0, 0.05) is 23.0 Å². The summed E-state index contributed by atoms with van der Waals surface area (Å²) >= 11 is 2.90. The molecule has 1 amide bonds. The van der Waals surface area contributed by atoms with Crippen LogP contribution >= 0.6 is 23.1 Å². The molecule has 6 heteroatoms. The summed E-state index contributed by atoms with van der Waals surface area (Å²) in [5.41, 5.74) is 1.39. The normalized spacial score (nSPS) is 17.7. The minimum atomic E-state index is -0.290. The molecule has 0 fully saturated rings. The number of hydrogen-bond donors (Lipinski definition) is 1. The van der Waals surface area contributed by atoms with Crippen molar-refractivity contribution in [3.05, 3.63) is 68.6 Å². The Morgan fingerprint density at radius 1 is 1.39 bits per heavy atom. The van der Waals surface area contributed by atoms with Crippen molar-refractivity contribution in [3.63, 3.8) is 0 Å². The first-order valence-corrected chi connectivity index (χ1v) is 8.88. The third-order valence-corrected chi connectivity index (χ3v) is 5.59. The molecule has 0 aliphatic carbocycles. The molecule has 1 aromatic carbocycles. The van der Waals surface area contributed by atoms with E-state index in [1.165, 1.54) is 23.9 Å². The largest absolute Gasteiger partial charge is 0.320 e. The lowest BCUT2D eigenvalue weighted by Gasteiger charge is -2.24. The Hall–Kier alpha value is -2.10. The van der Waals surface area contributed by atoms with Gasteiger partial charge >= 0.3 is 0 Å². The van der Waals surface area contributed by atoms with Crippen LogP contribution in [-0.2, 0) is 10.5 Å². The predicted molar refractivity (Wildman–Crippen MR) is 90.2 cm³/mol. The van der Waals surface area contributed by atoms with Gasteiger partial charge in [-0.05, 0) is 29.1 Å². The zero-order valence-corrected chi connectivity index (χ0v) is 13.7. The minimum Gasteiger partial charge on any atom is -0.320 e. The molecule has 2 heterocycles. The molecule has 0 saturated heterocycles. The summed E-state index contributed by atoms with van der Waals surface area (Å²) in [6.45, 7) is 0. The molecule has 1 atom stereocenters. The van der Waals surface area contributed by atoms with Crippen LogP contribution in [0.5, 0.6) is 0 Å². The lowest BCUT2D eigenvalue weighted by Crippen LogP contribution is -2.30. The third-order valence-electron chi connectivity index (χ3n) is 3.51. The van der Waals surface area contributed by atoms with Crippen molar-refractivity contribution in [2.45, 2.75) is 18.1 Å². The number of allylic oxidation sites excluding steroid dienone is 1. The molecule has 3 rings (SSSR count). The first-order chi connectivity index (χ1) is 11.2. The Balaban J connectivity index is 1.85. The number of benzene rings is 1. The fraction of sp³-hybridized carbons (Fsp3) is 0.176. The van der Waals surface area contributed by atoms with Gasteiger partial charge in [0.25, 0.3) is 0 Å². The number of carbonyl (C=O) groups excluding carboxylic acids is 1. The number of thioether (sulfide) groups is 1. The summed E-state index contributed by atoms with van der Waals surface area (Å²) in [5.74, 6) is -0.0787. The summed E-state index contributed by atoms with van der Waals surface area (Å²) in [4.78, 5) is 13.0. The highest BCUT2D eigenvalue weighted by molar-refractivity contribution is 8.02. The van der Waals surface area contributed by atoms with Gasteiger partial charge in [0.15, 0.2) is 0 Å². The van der Waals surface area contributed by atoms with E-state index in [1.54, 1.807) is 17.4 Å². The lowest BCUT2D eigenvalue weighted by molar-refractivity contribution is -0.120. The number of carbonyl (C=O) groups is 1. The molecule has 1 aromatic heterocycles. The Kier molecular flexibility index (Phi) is 4.79. The van der Waals surface area contributed by atoms with Gasteiger partial charge in [-0.25, -0.2) is 4.39 Å². The zero-order chi connectivity index (χ0) is 16.2. The molecular formula is C17H13FN2OS2. The van der Waals surface area contributed by atoms with E-state index in [2.05, 4.69) is 11.4 Å². The molecule has 0 radical (unpaired) electrons. The Morgan fingerprint density at radius 2 is 2.26 bits per heavy atom. The summed E-state index contributed by atoms with van der Waals surface area (Å²) in [6.07, 6.45) is 0.285. The first kappa shape index (κ1) is 15.8. The average Bonchev–Trinajstić information content (AvgIpc) is 3.06. The summed E-state index contributed by atoms with van der Waals surface area (Å²) in [6, 6.07) is 12.4. The van der Waals surface area contributed by atoms with Crippen LogP contribution in [0, 0.1) is 17.1 Å². The van der Waals surface area contributed by atoms with Gasteiger partial charge in [0.1, 0.15) is 5.82 Å². The van der Waals surface area contributed by atoms with E-state index >= 15 is 0 Å². The van der Waals surface area contributed by atoms with Gasteiger partial charge in [-0.15, -0.1) is 23.1 Å². The van der Waals surface area contributed by atoms with Crippen molar-refractivity contribution < 1.29 is 9.18 Å². The maximum Gasteiger partial charge on any atom is 0.225 e. The number of amides is 1. The van der Waals surface area contributed by atoms with Gasteiger partial charge in [0.2, 0.25) is 5.91 Å². The van der Waals surface area contributed by atoms with Crippen molar-refractivity contribution in [2.75, 3.05) is 0 Å². The smallest absolute Gasteiger partial charge is 0.225 e. The Morgan fingerprint density at radius 3 is 2.96 bits per heavy atom. The van der Waals surface area contributed by atoms with Crippen LogP contribution in [-0.4, -0.2) is 5.91 Å². The number of thiophene rings is 1. The maximum absolute atomic E-state index is 13.2. The molecule has 116 valence electrons. The van der Waals surface area contributed by atoms with Gasteiger partial charge in [-0.3, -0.25) is 4.79 Å². The number of rotatable bonds is 4. The number of nitrogens with zero attached hydrogens (tertiary/aromatic N) is 1. The van der Waals surface area contributed by atoms with E-state index in [4.69, 9.17) is 0 Å². The van der Waals surface area contributed by atoms with Crippen LogP contribution < -0.4 is 5.32 Å². The molecule has 1 aliphatic heterocycles. The van der Waals surface area contributed by atoms with Crippen molar-refractivity contribution in [1.82, 2.24) is 5.32 Å². The molecule has 0 spiro atoms. The van der Waals surface area contributed by atoms with Crippen LogP contribution in [0.1, 0.15) is 22.8 Å². The van der Waals surface area contributed by atoms with E-state index in [0.29, 0.717) is 16.4 Å². The topological polar surface area (TPSA) is 52.9 Å². The van der Waals surface area contributed by atoms with E-state index < -0.39 is 0 Å². The summed E-state index contributed by atoms with van der Waals surface area (Å²) < 4.78 is 13.2. The molecule has 0 bridgehead atoms. The number of halogens is 1. The second-order valence-corrected chi connectivity index (χ2v) is 7.06. The Bertz CT molecular complexity index is 793. The van der Waals surface area contributed by atoms with Gasteiger partial charge in [-0.1, -0.05) is 18.2 Å². The molecule has 2 aromatic rings. The SMILES string of the molecule is N#CC1=C(SCc2cccc(F)c2)NC(=O)C[C@H]1c1cccs1. The second-order valence-electron chi connectivity index (χ2n) is 5.09. The van der Waals surface area contributed by atoms with E-state index in [0.717, 1.165) is 10.4 Å². The van der Waals surface area contributed by atoms with Crippen molar-refractivity contribution in [2.24, 2.45) is 0 Å². The van der Waals surface area contributed by atoms with Crippen LogP contribution in [0.25, 0.3) is 0 Å². The average molecular weight is 344 g/mol. The van der Waals surface area contributed by atoms with Crippen LogP contribution in [0.15, 0.2) is 52.4 Å². The van der Waals surface area contributed by atoms with E-state index in [9.17, 15) is 14.4 Å². The first-order valence-electron chi connectivity index (χ1n) is 7.02. The molecule has 3 nitrogen and oxygen atoms in total. The molecule has 1 N–H and O–H groups in total. The fourth-order valence-corrected chi connectivity index (χ4v) is 4.30. The summed E-state index contributed by atoms with van der Waals surface area (Å²) in [7, 11) is 0. The molecule has 23 heavy (non-hydrogen) atoms. The molecule has 0 saturated carbocycles. The van der Waals surface area contributed by atoms with Crippen molar-refractivity contribution >= 4 is 29.0 Å². The highest BCUT2D eigenvalue weighted by atomic mass is 32.2. The highest BCUT2D eigenvalue weighted by Gasteiger charge is 2.30. The van der Waals surface area contributed by atoms with Gasteiger partial charge < -0.3 is 5.32 Å². The summed E-state index contributed by atoms with van der Waals surface area (Å²) in [5, 5.41) is 14.8. The third kappa shape index (κ3) is 3.63. The number of nitrogens with one attached hydrogen (secondary N) is 1. The Labute approximate surface area is 141 Å². The fourth-order valence-electron chi connectivity index (χ4n) is 2.45. The minimum absolute atomic E-state index is 0.0934. The second kappa shape index (κ2) is 6.99. The van der Waals surface area contributed by atoms with Crippen LogP contribution in [0.4, 0.5) is 4.39 Å². The predicted octanol–water partition coefficient (Wildman–Crippen LogP) is 4.16. The number of hydrogen-bond acceptors (Lipinski definition) is 4. The maximum atomic E-state index is 13.2. The standard InChI is InChI=1S/C17H13FN2OS2/c18-12-4-1-3-11(7-12)10-23-17-14(9-19)13(8-16(21)20-17)15-5-2-6-22-15/h1-7,13H,8,10H2,(H,20,21)/t13-/m1/s1.